The fourth-order valence-electron chi connectivity index (χ4n) is 1.99. The van der Waals surface area contributed by atoms with Crippen molar-refractivity contribution in [2.75, 3.05) is 33.9 Å². The molecular weight excluding hydrogens is 389 g/mol. The summed E-state index contributed by atoms with van der Waals surface area (Å²) in [6, 6.07) is 8.87. The summed E-state index contributed by atoms with van der Waals surface area (Å²) in [4.78, 5) is 4.18. The van der Waals surface area contributed by atoms with Crippen molar-refractivity contribution in [2.24, 2.45) is 4.99 Å². The van der Waals surface area contributed by atoms with E-state index in [-0.39, 0.29) is 29.4 Å². The van der Waals surface area contributed by atoms with Crippen LogP contribution in [-0.4, -0.2) is 39.8 Å². The van der Waals surface area contributed by atoms with Gasteiger partial charge in [-0.1, -0.05) is 45.0 Å². The molecule has 0 unspecified atom stereocenters. The minimum absolute atomic E-state index is 0. The van der Waals surface area contributed by atoms with Gasteiger partial charge in [0, 0.05) is 27.2 Å². The Morgan fingerprint density at radius 2 is 1.68 bits per heavy atom. The van der Waals surface area contributed by atoms with Gasteiger partial charge in [-0.3, -0.25) is 4.99 Å². The lowest BCUT2D eigenvalue weighted by atomic mass is 9.86. The lowest BCUT2D eigenvalue weighted by molar-refractivity contribution is 0.203. The third-order valence-electron chi connectivity index (χ3n) is 3.35. The predicted octanol–water partition coefficient (Wildman–Crippen LogP) is 2.96. The van der Waals surface area contributed by atoms with Gasteiger partial charge in [0.15, 0.2) is 5.96 Å². The molecule has 0 atom stereocenters. The molecule has 4 nitrogen and oxygen atoms in total. The van der Waals surface area contributed by atoms with Crippen molar-refractivity contribution < 1.29 is 4.74 Å². The van der Waals surface area contributed by atoms with Crippen LogP contribution in [0, 0.1) is 0 Å². The highest BCUT2D eigenvalue weighted by Gasteiger charge is 2.12. The molecule has 2 N–H and O–H groups in total. The molecule has 0 spiro atoms. The Balaban J connectivity index is 0.00000441. The van der Waals surface area contributed by atoms with E-state index in [0.29, 0.717) is 6.61 Å². The monoisotopic (exact) mass is 419 g/mol. The van der Waals surface area contributed by atoms with E-state index in [4.69, 9.17) is 4.74 Å². The van der Waals surface area contributed by atoms with Crippen molar-refractivity contribution in [3.63, 3.8) is 0 Å². The summed E-state index contributed by atoms with van der Waals surface area (Å²) >= 11 is 0. The smallest absolute Gasteiger partial charge is 0.191 e. The van der Waals surface area contributed by atoms with Gasteiger partial charge in [-0.15, -0.1) is 24.0 Å². The number of methoxy groups -OCH3 is 1. The molecule has 1 aromatic rings. The Labute approximate surface area is 152 Å². The van der Waals surface area contributed by atoms with Crippen molar-refractivity contribution >= 4 is 29.9 Å². The van der Waals surface area contributed by atoms with Gasteiger partial charge in [-0.25, -0.2) is 0 Å². The molecule has 0 aromatic heterocycles. The van der Waals surface area contributed by atoms with E-state index in [1.54, 1.807) is 14.2 Å². The van der Waals surface area contributed by atoms with Crippen molar-refractivity contribution in [3.05, 3.63) is 35.4 Å². The summed E-state index contributed by atoms with van der Waals surface area (Å²) in [6.45, 7) is 9.00. The average molecular weight is 419 g/mol. The van der Waals surface area contributed by atoms with E-state index in [2.05, 4.69) is 60.7 Å². The second-order valence-electron chi connectivity index (χ2n) is 6.12. The van der Waals surface area contributed by atoms with E-state index in [1.165, 1.54) is 11.1 Å². The number of halogens is 1. The zero-order chi connectivity index (χ0) is 15.7. The van der Waals surface area contributed by atoms with Gasteiger partial charge in [0.25, 0.3) is 0 Å². The highest BCUT2D eigenvalue weighted by Crippen LogP contribution is 2.22. The summed E-state index contributed by atoms with van der Waals surface area (Å²) in [5.41, 5.74) is 2.92. The molecule has 1 rings (SSSR count). The van der Waals surface area contributed by atoms with Crippen LogP contribution in [0.5, 0.6) is 0 Å². The van der Waals surface area contributed by atoms with Gasteiger partial charge in [0.2, 0.25) is 0 Å². The lowest BCUT2D eigenvalue weighted by Gasteiger charge is -2.19. The summed E-state index contributed by atoms with van der Waals surface area (Å²) in [6.07, 6.45) is 0.982. The normalized spacial score (nSPS) is 11.8. The third-order valence-corrected chi connectivity index (χ3v) is 3.35. The van der Waals surface area contributed by atoms with E-state index in [9.17, 15) is 0 Å². The molecule has 0 saturated carbocycles. The topological polar surface area (TPSA) is 45.7 Å². The second kappa shape index (κ2) is 10.8. The first-order valence-electron chi connectivity index (χ1n) is 7.50. The Bertz CT molecular complexity index is 438. The molecule has 0 radical (unpaired) electrons. The first-order chi connectivity index (χ1) is 9.97. The molecule has 5 heteroatoms. The van der Waals surface area contributed by atoms with Crippen LogP contribution in [-0.2, 0) is 16.6 Å². The number of aliphatic imine (C=N–C) groups is 1. The van der Waals surface area contributed by atoms with E-state index >= 15 is 0 Å². The number of hydrogen-bond acceptors (Lipinski definition) is 2. The van der Waals surface area contributed by atoms with Crippen LogP contribution >= 0.6 is 24.0 Å². The number of ether oxygens (including phenoxy) is 1. The number of hydrogen-bond donors (Lipinski definition) is 2. The van der Waals surface area contributed by atoms with Crippen LogP contribution in [0.3, 0.4) is 0 Å². The zero-order valence-corrected chi connectivity index (χ0v) is 16.7. The fourth-order valence-corrected chi connectivity index (χ4v) is 1.99. The van der Waals surface area contributed by atoms with Crippen molar-refractivity contribution in [1.82, 2.24) is 10.6 Å². The molecule has 0 aliphatic carbocycles. The standard InChI is InChI=1S/C17H29N3O.HI/c1-17(2,3)15-8-6-14(7-9-15)10-11-19-16(18-4)20-12-13-21-5;/h6-9H,10-13H2,1-5H3,(H2,18,19,20);1H. The molecule has 0 heterocycles. The molecule has 22 heavy (non-hydrogen) atoms. The van der Waals surface area contributed by atoms with Gasteiger partial charge in [0.05, 0.1) is 6.61 Å². The van der Waals surface area contributed by atoms with Crippen LogP contribution in [0.25, 0.3) is 0 Å². The van der Waals surface area contributed by atoms with Gasteiger partial charge in [0.1, 0.15) is 0 Å². The third kappa shape index (κ3) is 7.98. The molecule has 0 aliphatic heterocycles. The molecule has 0 saturated heterocycles. The summed E-state index contributed by atoms with van der Waals surface area (Å²) < 4.78 is 5.00. The largest absolute Gasteiger partial charge is 0.383 e. The van der Waals surface area contributed by atoms with Crippen LogP contribution in [0.2, 0.25) is 0 Å². The Hall–Kier alpha value is -0.820. The Morgan fingerprint density at radius 1 is 1.09 bits per heavy atom. The number of nitrogens with zero attached hydrogens (tertiary/aromatic N) is 1. The van der Waals surface area contributed by atoms with Crippen LogP contribution in [0.4, 0.5) is 0 Å². The predicted molar refractivity (Wildman–Crippen MR) is 106 cm³/mol. The summed E-state index contributed by atoms with van der Waals surface area (Å²) in [5.74, 6) is 0.818. The maximum absolute atomic E-state index is 5.00. The van der Waals surface area contributed by atoms with Gasteiger partial charge < -0.3 is 15.4 Å². The highest BCUT2D eigenvalue weighted by molar-refractivity contribution is 14.0. The molecule has 0 bridgehead atoms. The summed E-state index contributed by atoms with van der Waals surface area (Å²) in [7, 11) is 3.47. The number of rotatable bonds is 6. The second-order valence-corrected chi connectivity index (χ2v) is 6.12. The molecule has 0 aliphatic rings. The van der Waals surface area contributed by atoms with Crippen LogP contribution in [0.15, 0.2) is 29.3 Å². The number of benzene rings is 1. The quantitative estimate of drug-likeness (QED) is 0.323. The van der Waals surface area contributed by atoms with Crippen LogP contribution in [0.1, 0.15) is 31.9 Å². The minimum atomic E-state index is 0. The zero-order valence-electron chi connectivity index (χ0n) is 14.4. The Morgan fingerprint density at radius 3 is 2.18 bits per heavy atom. The Kier molecular flexibility index (Phi) is 10.4. The SMILES string of the molecule is CN=C(NCCOC)NCCc1ccc(C(C)(C)C)cc1.I. The van der Waals surface area contributed by atoms with Gasteiger partial charge in [-0.2, -0.15) is 0 Å². The van der Waals surface area contributed by atoms with Crippen molar-refractivity contribution in [3.8, 4) is 0 Å². The van der Waals surface area contributed by atoms with Gasteiger partial charge in [-0.05, 0) is 23.0 Å². The van der Waals surface area contributed by atoms with Crippen molar-refractivity contribution in [2.45, 2.75) is 32.6 Å². The average Bonchev–Trinajstić information content (AvgIpc) is 2.45. The first-order valence-corrected chi connectivity index (χ1v) is 7.50. The first kappa shape index (κ1) is 21.2. The molecule has 1 aromatic carbocycles. The van der Waals surface area contributed by atoms with Crippen LogP contribution < -0.4 is 10.6 Å². The van der Waals surface area contributed by atoms with E-state index in [0.717, 1.165) is 25.5 Å². The molecular formula is C17H30IN3O. The maximum Gasteiger partial charge on any atom is 0.191 e. The van der Waals surface area contributed by atoms with E-state index < -0.39 is 0 Å². The fraction of sp³-hybridized carbons (Fsp3) is 0.588. The number of nitrogens with one attached hydrogen (secondary N) is 2. The number of guanidine groups is 1. The van der Waals surface area contributed by atoms with E-state index in [1.807, 2.05) is 0 Å². The minimum Gasteiger partial charge on any atom is -0.383 e. The molecule has 0 fully saturated rings. The lowest BCUT2D eigenvalue weighted by Crippen LogP contribution is -2.39. The maximum atomic E-state index is 5.00. The van der Waals surface area contributed by atoms with Gasteiger partial charge >= 0.3 is 0 Å². The van der Waals surface area contributed by atoms with Crippen molar-refractivity contribution in [1.29, 1.82) is 0 Å². The summed E-state index contributed by atoms with van der Waals surface area (Å²) in [5, 5.41) is 6.50. The molecule has 126 valence electrons. The highest BCUT2D eigenvalue weighted by atomic mass is 127. The molecule has 0 amide bonds.